The Hall–Kier alpha value is -2.17. The Morgan fingerprint density at radius 2 is 1.95 bits per heavy atom. The van der Waals surface area contributed by atoms with Crippen LogP contribution in [0.25, 0.3) is 0 Å². The molecule has 0 N–H and O–H groups in total. The fourth-order valence-electron chi connectivity index (χ4n) is 2.22. The highest BCUT2D eigenvalue weighted by atomic mass is 16.5. The number of rotatable bonds is 6. The van der Waals surface area contributed by atoms with Crippen LogP contribution >= 0.6 is 0 Å². The number of nitrogens with zero attached hydrogens (tertiary/aromatic N) is 2. The normalized spacial score (nSPS) is 14.2. The molecule has 0 radical (unpaired) electrons. The molecule has 0 saturated heterocycles. The first-order valence-corrected chi connectivity index (χ1v) is 6.82. The van der Waals surface area contributed by atoms with E-state index in [0.29, 0.717) is 30.7 Å². The SMILES string of the molecule is COc1ccccc1OCCn1ccn(C2CC2)c1=O. The number of hydrogen-bond acceptors (Lipinski definition) is 3. The van der Waals surface area contributed by atoms with Gasteiger partial charge in [-0.2, -0.15) is 0 Å². The van der Waals surface area contributed by atoms with E-state index in [1.54, 1.807) is 11.7 Å². The lowest BCUT2D eigenvalue weighted by Crippen LogP contribution is -2.25. The van der Waals surface area contributed by atoms with Crippen LogP contribution in [-0.2, 0) is 6.54 Å². The van der Waals surface area contributed by atoms with Crippen molar-refractivity contribution in [3.05, 3.63) is 47.1 Å². The Morgan fingerprint density at radius 1 is 1.20 bits per heavy atom. The minimum atomic E-state index is 0.0520. The molecular formula is C15H18N2O3. The summed E-state index contributed by atoms with van der Waals surface area (Å²) in [5.74, 6) is 1.40. The summed E-state index contributed by atoms with van der Waals surface area (Å²) in [6.45, 7) is 0.978. The van der Waals surface area contributed by atoms with E-state index < -0.39 is 0 Å². The minimum absolute atomic E-state index is 0.0520. The van der Waals surface area contributed by atoms with Gasteiger partial charge in [-0.05, 0) is 25.0 Å². The largest absolute Gasteiger partial charge is 0.493 e. The van der Waals surface area contributed by atoms with Gasteiger partial charge in [0.2, 0.25) is 0 Å². The summed E-state index contributed by atoms with van der Waals surface area (Å²) in [4.78, 5) is 12.1. The lowest BCUT2D eigenvalue weighted by Gasteiger charge is -2.10. The Morgan fingerprint density at radius 3 is 2.65 bits per heavy atom. The Labute approximate surface area is 117 Å². The number of imidazole rings is 1. The molecule has 106 valence electrons. The highest BCUT2D eigenvalue weighted by Gasteiger charge is 2.25. The average Bonchev–Trinajstić information content (AvgIpc) is 3.25. The van der Waals surface area contributed by atoms with Gasteiger partial charge in [0.1, 0.15) is 6.61 Å². The number of ether oxygens (including phenoxy) is 2. The molecule has 5 nitrogen and oxygen atoms in total. The second-order valence-corrected chi connectivity index (χ2v) is 4.91. The maximum absolute atomic E-state index is 12.1. The maximum atomic E-state index is 12.1. The van der Waals surface area contributed by atoms with Crippen molar-refractivity contribution in [2.75, 3.05) is 13.7 Å². The van der Waals surface area contributed by atoms with Gasteiger partial charge in [0.15, 0.2) is 11.5 Å². The standard InChI is InChI=1S/C15H18N2O3/c1-19-13-4-2-3-5-14(13)20-11-10-16-8-9-17(15(16)18)12-6-7-12/h2-5,8-9,12H,6-7,10-11H2,1H3. The van der Waals surface area contributed by atoms with E-state index in [1.807, 2.05) is 41.2 Å². The van der Waals surface area contributed by atoms with E-state index in [9.17, 15) is 4.79 Å². The topological polar surface area (TPSA) is 45.4 Å². The van der Waals surface area contributed by atoms with E-state index in [-0.39, 0.29) is 5.69 Å². The first kappa shape index (κ1) is 12.8. The van der Waals surface area contributed by atoms with Gasteiger partial charge in [0.25, 0.3) is 0 Å². The summed E-state index contributed by atoms with van der Waals surface area (Å²) < 4.78 is 14.4. The second-order valence-electron chi connectivity index (χ2n) is 4.91. The van der Waals surface area contributed by atoms with Crippen LogP contribution in [0.2, 0.25) is 0 Å². The zero-order valence-electron chi connectivity index (χ0n) is 11.5. The monoisotopic (exact) mass is 274 g/mol. The van der Waals surface area contributed by atoms with Crippen molar-refractivity contribution in [3.8, 4) is 11.5 Å². The third kappa shape index (κ3) is 2.57. The fraction of sp³-hybridized carbons (Fsp3) is 0.400. The van der Waals surface area contributed by atoms with Crippen LogP contribution in [-0.4, -0.2) is 22.9 Å². The smallest absolute Gasteiger partial charge is 0.328 e. The number of aromatic nitrogens is 2. The molecule has 2 aromatic rings. The van der Waals surface area contributed by atoms with Crippen LogP contribution in [0.3, 0.4) is 0 Å². The molecule has 1 aromatic heterocycles. The molecule has 0 aliphatic heterocycles. The first-order chi connectivity index (χ1) is 9.79. The van der Waals surface area contributed by atoms with Gasteiger partial charge in [0, 0.05) is 18.4 Å². The van der Waals surface area contributed by atoms with Gasteiger partial charge in [-0.1, -0.05) is 12.1 Å². The Kier molecular flexibility index (Phi) is 3.50. The molecule has 1 heterocycles. The molecule has 1 fully saturated rings. The molecule has 0 atom stereocenters. The molecule has 0 spiro atoms. The maximum Gasteiger partial charge on any atom is 0.328 e. The average molecular weight is 274 g/mol. The quantitative estimate of drug-likeness (QED) is 0.810. The van der Waals surface area contributed by atoms with E-state index in [1.165, 1.54) is 0 Å². The van der Waals surface area contributed by atoms with Crippen molar-refractivity contribution in [1.82, 2.24) is 9.13 Å². The predicted molar refractivity (Wildman–Crippen MR) is 75.5 cm³/mol. The number of hydrogen-bond donors (Lipinski definition) is 0. The van der Waals surface area contributed by atoms with Crippen molar-refractivity contribution >= 4 is 0 Å². The van der Waals surface area contributed by atoms with Crippen LogP contribution in [0, 0.1) is 0 Å². The molecule has 1 aliphatic rings. The van der Waals surface area contributed by atoms with E-state index in [0.717, 1.165) is 12.8 Å². The van der Waals surface area contributed by atoms with E-state index in [2.05, 4.69) is 0 Å². The highest BCUT2D eigenvalue weighted by Crippen LogP contribution is 2.33. The molecule has 1 aromatic carbocycles. The van der Waals surface area contributed by atoms with Crippen molar-refractivity contribution in [2.24, 2.45) is 0 Å². The van der Waals surface area contributed by atoms with Gasteiger partial charge < -0.3 is 9.47 Å². The van der Waals surface area contributed by atoms with Crippen LogP contribution in [0.1, 0.15) is 18.9 Å². The Balaban J connectivity index is 1.61. The van der Waals surface area contributed by atoms with Crippen molar-refractivity contribution < 1.29 is 9.47 Å². The van der Waals surface area contributed by atoms with E-state index >= 15 is 0 Å². The summed E-state index contributed by atoms with van der Waals surface area (Å²) in [6, 6.07) is 7.92. The summed E-state index contributed by atoms with van der Waals surface area (Å²) in [7, 11) is 1.61. The fourth-order valence-corrected chi connectivity index (χ4v) is 2.22. The number of para-hydroxylation sites is 2. The minimum Gasteiger partial charge on any atom is -0.493 e. The van der Waals surface area contributed by atoms with Crippen molar-refractivity contribution in [2.45, 2.75) is 25.4 Å². The molecule has 20 heavy (non-hydrogen) atoms. The van der Waals surface area contributed by atoms with Crippen LogP contribution in [0.15, 0.2) is 41.5 Å². The van der Waals surface area contributed by atoms with Gasteiger partial charge in [-0.25, -0.2) is 4.79 Å². The highest BCUT2D eigenvalue weighted by molar-refractivity contribution is 5.39. The molecular weight excluding hydrogens is 256 g/mol. The summed E-state index contributed by atoms with van der Waals surface area (Å²) in [5, 5.41) is 0. The van der Waals surface area contributed by atoms with Gasteiger partial charge in [-0.3, -0.25) is 9.13 Å². The van der Waals surface area contributed by atoms with Crippen LogP contribution < -0.4 is 15.2 Å². The van der Waals surface area contributed by atoms with Gasteiger partial charge in [0.05, 0.1) is 13.7 Å². The second kappa shape index (κ2) is 5.45. The van der Waals surface area contributed by atoms with Crippen LogP contribution in [0.5, 0.6) is 11.5 Å². The third-order valence-electron chi connectivity index (χ3n) is 3.47. The molecule has 0 bridgehead atoms. The molecule has 1 aliphatic carbocycles. The summed E-state index contributed by atoms with van der Waals surface area (Å²) in [5.41, 5.74) is 0.0520. The summed E-state index contributed by atoms with van der Waals surface area (Å²) >= 11 is 0. The lowest BCUT2D eigenvalue weighted by molar-refractivity contribution is 0.278. The van der Waals surface area contributed by atoms with Gasteiger partial charge in [-0.15, -0.1) is 0 Å². The zero-order chi connectivity index (χ0) is 13.9. The molecule has 0 unspecified atom stereocenters. The molecule has 3 rings (SSSR count). The molecule has 1 saturated carbocycles. The molecule has 0 amide bonds. The van der Waals surface area contributed by atoms with Crippen molar-refractivity contribution in [3.63, 3.8) is 0 Å². The molecule has 5 heteroatoms. The van der Waals surface area contributed by atoms with Crippen LogP contribution in [0.4, 0.5) is 0 Å². The van der Waals surface area contributed by atoms with E-state index in [4.69, 9.17) is 9.47 Å². The lowest BCUT2D eigenvalue weighted by atomic mass is 10.3. The number of benzene rings is 1. The summed E-state index contributed by atoms with van der Waals surface area (Å²) in [6.07, 6.45) is 5.92. The predicted octanol–water partition coefficient (Wildman–Crippen LogP) is 2.07. The Bertz CT molecular complexity index is 641. The first-order valence-electron chi connectivity index (χ1n) is 6.82. The zero-order valence-corrected chi connectivity index (χ0v) is 11.5. The van der Waals surface area contributed by atoms with Gasteiger partial charge >= 0.3 is 5.69 Å². The third-order valence-corrected chi connectivity index (χ3v) is 3.47. The number of methoxy groups -OCH3 is 1. The van der Waals surface area contributed by atoms with Crippen molar-refractivity contribution in [1.29, 1.82) is 0 Å².